The lowest BCUT2D eigenvalue weighted by molar-refractivity contribution is -0.137. The van der Waals surface area contributed by atoms with Gasteiger partial charge in [-0.15, -0.1) is 0 Å². The SMILES string of the molecule is O=C(COc1ccc(Cl)cc1Cl)N1[C@H]2CC[C@H]1c1cncnc1C2. The largest absolute Gasteiger partial charge is 0.482 e. The third kappa shape index (κ3) is 2.72. The molecule has 2 aliphatic rings. The van der Waals surface area contributed by atoms with Gasteiger partial charge >= 0.3 is 0 Å². The maximum absolute atomic E-state index is 12.7. The number of hydrogen-bond donors (Lipinski definition) is 0. The quantitative estimate of drug-likeness (QED) is 0.837. The van der Waals surface area contributed by atoms with Crippen LogP contribution < -0.4 is 4.74 Å². The molecule has 2 aliphatic heterocycles. The summed E-state index contributed by atoms with van der Waals surface area (Å²) in [5.41, 5.74) is 2.12. The standard InChI is InChI=1S/C17H15Cl2N3O2/c18-10-1-4-16(13(19)5-10)24-8-17(23)22-11-2-3-15(22)12-7-20-9-21-14(12)6-11/h1,4-5,7,9,11,15H,2-3,6,8H2/t11-,15-/m0/s1. The Morgan fingerprint density at radius 2 is 2.21 bits per heavy atom. The van der Waals surface area contributed by atoms with Crippen LogP contribution in [-0.2, 0) is 11.2 Å². The third-order valence-electron chi connectivity index (χ3n) is 4.65. The summed E-state index contributed by atoms with van der Waals surface area (Å²) in [6, 6.07) is 5.20. The van der Waals surface area contributed by atoms with E-state index in [1.165, 1.54) is 0 Å². The Morgan fingerprint density at radius 1 is 1.33 bits per heavy atom. The minimum absolute atomic E-state index is 0.0389. The van der Waals surface area contributed by atoms with Gasteiger partial charge in [-0.2, -0.15) is 0 Å². The van der Waals surface area contributed by atoms with Crippen LogP contribution in [-0.4, -0.2) is 33.4 Å². The molecule has 24 heavy (non-hydrogen) atoms. The van der Waals surface area contributed by atoms with Crippen molar-refractivity contribution in [1.82, 2.24) is 14.9 Å². The highest BCUT2D eigenvalue weighted by molar-refractivity contribution is 6.35. The van der Waals surface area contributed by atoms with Crippen molar-refractivity contribution in [3.63, 3.8) is 0 Å². The molecule has 2 aromatic rings. The summed E-state index contributed by atoms with van der Waals surface area (Å²) < 4.78 is 5.61. The van der Waals surface area contributed by atoms with Gasteiger partial charge in [-0.05, 0) is 31.0 Å². The van der Waals surface area contributed by atoms with Crippen LogP contribution in [0.1, 0.15) is 30.1 Å². The first kappa shape index (κ1) is 15.7. The topological polar surface area (TPSA) is 55.3 Å². The molecule has 1 amide bonds. The normalized spacial score (nSPS) is 21.5. The molecule has 0 spiro atoms. The van der Waals surface area contributed by atoms with Crippen molar-refractivity contribution in [2.45, 2.75) is 31.3 Å². The van der Waals surface area contributed by atoms with Gasteiger partial charge in [-0.1, -0.05) is 23.2 Å². The summed E-state index contributed by atoms with van der Waals surface area (Å²) in [5.74, 6) is 0.422. The maximum atomic E-state index is 12.7. The van der Waals surface area contributed by atoms with Crippen LogP contribution in [0.15, 0.2) is 30.7 Å². The van der Waals surface area contributed by atoms with Gasteiger partial charge in [-0.25, -0.2) is 9.97 Å². The molecular weight excluding hydrogens is 349 g/mol. The average molecular weight is 364 g/mol. The van der Waals surface area contributed by atoms with E-state index in [0.29, 0.717) is 15.8 Å². The molecule has 1 aromatic heterocycles. The second-order valence-corrected chi connectivity index (χ2v) is 6.88. The van der Waals surface area contributed by atoms with Gasteiger partial charge in [0.1, 0.15) is 12.1 Å². The molecule has 0 aliphatic carbocycles. The van der Waals surface area contributed by atoms with E-state index in [0.717, 1.165) is 30.5 Å². The number of ether oxygens (including phenoxy) is 1. The Bertz CT molecular complexity index is 799. The van der Waals surface area contributed by atoms with Crippen molar-refractivity contribution in [3.8, 4) is 5.75 Å². The molecule has 1 fully saturated rings. The van der Waals surface area contributed by atoms with Gasteiger partial charge in [0, 0.05) is 29.2 Å². The molecule has 2 bridgehead atoms. The van der Waals surface area contributed by atoms with Crippen molar-refractivity contribution >= 4 is 29.1 Å². The van der Waals surface area contributed by atoms with Gasteiger partial charge < -0.3 is 9.64 Å². The summed E-state index contributed by atoms with van der Waals surface area (Å²) in [6.45, 7) is -0.0443. The molecule has 1 aromatic carbocycles. The zero-order chi connectivity index (χ0) is 16.7. The first-order valence-electron chi connectivity index (χ1n) is 7.81. The number of halogens is 2. The van der Waals surface area contributed by atoms with Crippen LogP contribution in [0.25, 0.3) is 0 Å². The number of amides is 1. The molecule has 0 radical (unpaired) electrons. The molecule has 1 saturated heterocycles. The fourth-order valence-electron chi connectivity index (χ4n) is 3.61. The van der Waals surface area contributed by atoms with Crippen LogP contribution in [0, 0.1) is 0 Å². The lowest BCUT2D eigenvalue weighted by Gasteiger charge is -2.35. The predicted molar refractivity (Wildman–Crippen MR) is 90.3 cm³/mol. The Balaban J connectivity index is 1.49. The summed E-state index contributed by atoms with van der Waals surface area (Å²) in [6.07, 6.45) is 6.10. The van der Waals surface area contributed by atoms with Crippen LogP contribution in [0.4, 0.5) is 0 Å². The summed E-state index contributed by atoms with van der Waals surface area (Å²) in [5, 5.41) is 0.931. The van der Waals surface area contributed by atoms with E-state index in [2.05, 4.69) is 9.97 Å². The van der Waals surface area contributed by atoms with Crippen LogP contribution in [0.3, 0.4) is 0 Å². The monoisotopic (exact) mass is 363 g/mol. The number of carbonyl (C=O) groups excluding carboxylic acids is 1. The summed E-state index contributed by atoms with van der Waals surface area (Å²) in [7, 11) is 0. The molecule has 0 N–H and O–H groups in total. The molecule has 3 heterocycles. The number of carbonyl (C=O) groups is 1. The first-order chi connectivity index (χ1) is 11.6. The molecule has 124 valence electrons. The van der Waals surface area contributed by atoms with E-state index in [4.69, 9.17) is 27.9 Å². The van der Waals surface area contributed by atoms with E-state index < -0.39 is 0 Å². The number of rotatable bonds is 3. The number of benzene rings is 1. The number of aromatic nitrogens is 2. The van der Waals surface area contributed by atoms with E-state index in [9.17, 15) is 4.79 Å². The van der Waals surface area contributed by atoms with Gasteiger partial charge in [0.25, 0.3) is 5.91 Å². The highest BCUT2D eigenvalue weighted by Gasteiger charge is 2.43. The molecule has 4 rings (SSSR count). The Hall–Kier alpha value is -1.85. The minimum atomic E-state index is -0.0443. The van der Waals surface area contributed by atoms with Crippen LogP contribution >= 0.6 is 23.2 Å². The second kappa shape index (κ2) is 6.22. The van der Waals surface area contributed by atoms with Crippen molar-refractivity contribution in [2.75, 3.05) is 6.61 Å². The van der Waals surface area contributed by atoms with Gasteiger partial charge in [0.2, 0.25) is 0 Å². The maximum Gasteiger partial charge on any atom is 0.261 e. The highest BCUT2D eigenvalue weighted by atomic mass is 35.5. The zero-order valence-electron chi connectivity index (χ0n) is 12.8. The molecule has 0 saturated carbocycles. The average Bonchev–Trinajstić information content (AvgIpc) is 2.89. The second-order valence-electron chi connectivity index (χ2n) is 6.04. The summed E-state index contributed by atoms with van der Waals surface area (Å²) >= 11 is 12.0. The smallest absolute Gasteiger partial charge is 0.261 e. The Kier molecular flexibility index (Phi) is 4.06. The fraction of sp³-hybridized carbons (Fsp3) is 0.353. The number of nitrogens with zero attached hydrogens (tertiary/aromatic N) is 3. The van der Waals surface area contributed by atoms with Gasteiger partial charge in [0.05, 0.1) is 16.8 Å². The van der Waals surface area contributed by atoms with E-state index in [1.807, 2.05) is 11.1 Å². The lowest BCUT2D eigenvalue weighted by Crippen LogP contribution is -2.44. The minimum Gasteiger partial charge on any atom is -0.482 e. The molecule has 5 nitrogen and oxygen atoms in total. The number of hydrogen-bond acceptors (Lipinski definition) is 4. The lowest BCUT2D eigenvalue weighted by atomic mass is 9.99. The van der Waals surface area contributed by atoms with Crippen molar-refractivity contribution < 1.29 is 9.53 Å². The van der Waals surface area contributed by atoms with E-state index in [-0.39, 0.29) is 24.6 Å². The molecular formula is C17H15Cl2N3O2. The highest BCUT2D eigenvalue weighted by Crippen LogP contribution is 2.42. The summed E-state index contributed by atoms with van der Waals surface area (Å²) in [4.78, 5) is 23.1. The van der Waals surface area contributed by atoms with Gasteiger partial charge in [-0.3, -0.25) is 4.79 Å². The van der Waals surface area contributed by atoms with Crippen LogP contribution in [0.2, 0.25) is 10.0 Å². The Morgan fingerprint density at radius 3 is 3.04 bits per heavy atom. The third-order valence-corrected chi connectivity index (χ3v) is 5.18. The Labute approximate surface area is 149 Å². The molecule has 2 atom stereocenters. The van der Waals surface area contributed by atoms with E-state index in [1.54, 1.807) is 24.5 Å². The van der Waals surface area contributed by atoms with Crippen molar-refractivity contribution in [3.05, 3.63) is 52.0 Å². The van der Waals surface area contributed by atoms with Crippen molar-refractivity contribution in [2.24, 2.45) is 0 Å². The molecule has 7 heteroatoms. The van der Waals surface area contributed by atoms with E-state index >= 15 is 0 Å². The number of fused-ring (bicyclic) bond motifs is 4. The zero-order valence-corrected chi connectivity index (χ0v) is 14.3. The van der Waals surface area contributed by atoms with Crippen LogP contribution in [0.5, 0.6) is 5.75 Å². The first-order valence-corrected chi connectivity index (χ1v) is 8.57. The predicted octanol–water partition coefficient (Wildman–Crippen LogP) is 3.45. The van der Waals surface area contributed by atoms with Crippen molar-refractivity contribution in [1.29, 1.82) is 0 Å². The molecule has 0 unspecified atom stereocenters. The fourth-order valence-corrected chi connectivity index (χ4v) is 4.07. The van der Waals surface area contributed by atoms with Gasteiger partial charge in [0.15, 0.2) is 6.61 Å².